The molecule has 1 saturated heterocycles. The second-order valence-electron chi connectivity index (χ2n) is 4.44. The van der Waals surface area contributed by atoms with Gasteiger partial charge in [0.2, 0.25) is 0 Å². The number of nitroso groups, excluding NO2 is 2. The normalized spacial score (nSPS) is 19.7. The summed E-state index contributed by atoms with van der Waals surface area (Å²) in [6.07, 6.45) is 0. The summed E-state index contributed by atoms with van der Waals surface area (Å²) in [6, 6.07) is -2.22. The van der Waals surface area contributed by atoms with Gasteiger partial charge in [-0.05, 0) is 0 Å². The number of halogens is 2. The lowest BCUT2D eigenvalue weighted by molar-refractivity contribution is 0.189. The largest absolute Gasteiger partial charge is 0.340 e. The van der Waals surface area contributed by atoms with Crippen LogP contribution in [0.5, 0.6) is 0 Å². The van der Waals surface area contributed by atoms with Crippen LogP contribution in [0, 0.1) is 9.81 Å². The number of carbonyl (C=O) groups is 2. The first-order valence-electron chi connectivity index (χ1n) is 6.59. The zero-order valence-electron chi connectivity index (χ0n) is 12.0. The summed E-state index contributed by atoms with van der Waals surface area (Å²) in [5, 5.41) is 11.7. The maximum absolute atomic E-state index is 11.9. The van der Waals surface area contributed by atoms with Crippen molar-refractivity contribution in [2.24, 2.45) is 10.6 Å². The van der Waals surface area contributed by atoms with Crippen LogP contribution in [-0.4, -0.2) is 70.5 Å². The van der Waals surface area contributed by atoms with E-state index in [0.29, 0.717) is 21.5 Å². The average molecular weight is 387 g/mol. The van der Waals surface area contributed by atoms with Gasteiger partial charge in [-0.15, -0.1) is 33.0 Å². The third-order valence-electron chi connectivity index (χ3n) is 2.96. The van der Waals surface area contributed by atoms with E-state index in [9.17, 15) is 19.4 Å². The molecule has 0 aromatic heterocycles. The highest BCUT2D eigenvalue weighted by molar-refractivity contribution is 7.99. The minimum atomic E-state index is -0.696. The molecule has 1 aliphatic rings. The standard InChI is InChI=1S/C10H16Cl2N6O4S/c11-1-3-17(15-21)9(19)13-7-5-23-6-8(7)14-10(20)18(16-22)4-2-12/h7-8H,1-6H2,(H,13,19)(H,14,20)/t7-,8+. The topological polar surface area (TPSA) is 124 Å². The van der Waals surface area contributed by atoms with Crippen LogP contribution in [0.15, 0.2) is 10.6 Å². The lowest BCUT2D eigenvalue weighted by Crippen LogP contribution is -2.55. The van der Waals surface area contributed by atoms with E-state index in [0.717, 1.165) is 0 Å². The van der Waals surface area contributed by atoms with Gasteiger partial charge in [-0.1, -0.05) is 0 Å². The number of alkyl halides is 2. The molecule has 2 N–H and O–H groups in total. The molecule has 130 valence electrons. The Bertz CT molecular complexity index is 408. The summed E-state index contributed by atoms with van der Waals surface area (Å²) in [5.41, 5.74) is 0. The number of rotatable bonds is 8. The first kappa shape index (κ1) is 19.7. The lowest BCUT2D eigenvalue weighted by Gasteiger charge is -2.24. The molecule has 1 aliphatic heterocycles. The van der Waals surface area contributed by atoms with Crippen molar-refractivity contribution in [3.8, 4) is 0 Å². The van der Waals surface area contributed by atoms with Gasteiger partial charge in [-0.25, -0.2) is 9.59 Å². The maximum atomic E-state index is 11.9. The van der Waals surface area contributed by atoms with Gasteiger partial charge in [-0.3, -0.25) is 0 Å². The summed E-state index contributed by atoms with van der Waals surface area (Å²) >= 11 is 12.5. The molecule has 0 saturated carbocycles. The summed E-state index contributed by atoms with van der Waals surface area (Å²) in [7, 11) is 0. The van der Waals surface area contributed by atoms with E-state index in [1.165, 1.54) is 11.8 Å². The van der Waals surface area contributed by atoms with Crippen LogP contribution < -0.4 is 10.6 Å². The van der Waals surface area contributed by atoms with Crippen LogP contribution in [0.25, 0.3) is 0 Å². The Morgan fingerprint density at radius 1 is 0.957 bits per heavy atom. The van der Waals surface area contributed by atoms with Crippen molar-refractivity contribution in [2.45, 2.75) is 12.1 Å². The fourth-order valence-electron chi connectivity index (χ4n) is 1.82. The number of hydrogen-bond acceptors (Lipinski definition) is 7. The molecule has 2 atom stereocenters. The first-order valence-corrected chi connectivity index (χ1v) is 8.82. The van der Waals surface area contributed by atoms with Crippen molar-refractivity contribution in [2.75, 3.05) is 36.4 Å². The van der Waals surface area contributed by atoms with Crippen molar-refractivity contribution in [3.05, 3.63) is 9.81 Å². The molecule has 13 heteroatoms. The van der Waals surface area contributed by atoms with Gasteiger partial charge in [0.25, 0.3) is 0 Å². The second-order valence-corrected chi connectivity index (χ2v) is 6.27. The summed E-state index contributed by atoms with van der Waals surface area (Å²) in [5.74, 6) is 1.21. The fourth-order valence-corrected chi connectivity index (χ4v) is 3.42. The van der Waals surface area contributed by atoms with Crippen LogP contribution >= 0.6 is 35.0 Å². The van der Waals surface area contributed by atoms with Crippen LogP contribution in [0.4, 0.5) is 9.59 Å². The van der Waals surface area contributed by atoms with E-state index in [1.807, 2.05) is 0 Å². The van der Waals surface area contributed by atoms with E-state index >= 15 is 0 Å². The summed E-state index contributed by atoms with van der Waals surface area (Å²) in [6.45, 7) is -0.0430. The van der Waals surface area contributed by atoms with Gasteiger partial charge in [0, 0.05) is 23.3 Å². The number of thioether (sulfide) groups is 1. The predicted molar refractivity (Wildman–Crippen MR) is 88.4 cm³/mol. The van der Waals surface area contributed by atoms with E-state index in [4.69, 9.17) is 23.2 Å². The van der Waals surface area contributed by atoms with Crippen LogP contribution in [0.3, 0.4) is 0 Å². The molecule has 1 fully saturated rings. The molecule has 1 rings (SSSR count). The van der Waals surface area contributed by atoms with Crippen molar-refractivity contribution >= 4 is 47.0 Å². The fraction of sp³-hybridized carbons (Fsp3) is 0.800. The molecule has 23 heavy (non-hydrogen) atoms. The Morgan fingerprint density at radius 3 is 1.65 bits per heavy atom. The molecular formula is C10H16Cl2N6O4S. The van der Waals surface area contributed by atoms with Crippen molar-refractivity contribution in [1.29, 1.82) is 0 Å². The number of urea groups is 2. The average Bonchev–Trinajstić information content (AvgIpc) is 2.96. The number of carbonyl (C=O) groups excluding carboxylic acids is 2. The number of nitrogens with one attached hydrogen (secondary N) is 2. The zero-order valence-corrected chi connectivity index (χ0v) is 14.3. The van der Waals surface area contributed by atoms with Gasteiger partial charge in [0.15, 0.2) is 0 Å². The molecule has 10 nitrogen and oxygen atoms in total. The summed E-state index contributed by atoms with van der Waals surface area (Å²) in [4.78, 5) is 44.9. The maximum Gasteiger partial charge on any atom is 0.340 e. The Morgan fingerprint density at radius 2 is 1.35 bits per heavy atom. The Hall–Kier alpha value is -1.33. The first-order chi connectivity index (χ1) is 11.1. The molecule has 0 spiro atoms. The van der Waals surface area contributed by atoms with E-state index in [-0.39, 0.29) is 24.8 Å². The highest BCUT2D eigenvalue weighted by Gasteiger charge is 2.33. The van der Waals surface area contributed by atoms with Gasteiger partial charge in [0.05, 0.1) is 35.7 Å². The zero-order chi connectivity index (χ0) is 17.2. The molecule has 0 aliphatic carbocycles. The third kappa shape index (κ3) is 5.99. The Kier molecular flexibility index (Phi) is 8.95. The van der Waals surface area contributed by atoms with Crippen LogP contribution in [0.2, 0.25) is 0 Å². The quantitative estimate of drug-likeness (QED) is 0.370. The molecule has 0 bridgehead atoms. The highest BCUT2D eigenvalue weighted by Crippen LogP contribution is 2.19. The van der Waals surface area contributed by atoms with Gasteiger partial charge in [-0.2, -0.15) is 21.8 Å². The highest BCUT2D eigenvalue weighted by atomic mass is 35.5. The van der Waals surface area contributed by atoms with Gasteiger partial charge < -0.3 is 10.6 Å². The molecule has 0 unspecified atom stereocenters. The van der Waals surface area contributed by atoms with E-state index in [1.54, 1.807) is 0 Å². The number of amides is 4. The minimum Gasteiger partial charge on any atom is -0.331 e. The van der Waals surface area contributed by atoms with Gasteiger partial charge in [0.1, 0.15) is 0 Å². The van der Waals surface area contributed by atoms with Crippen molar-refractivity contribution < 1.29 is 9.59 Å². The SMILES string of the molecule is O=NN(CCCl)C(=O)N[C@H]1CSC[C@H]1NC(=O)N(CCCl)N=O. The molecule has 0 aromatic carbocycles. The lowest BCUT2D eigenvalue weighted by atomic mass is 10.2. The van der Waals surface area contributed by atoms with E-state index < -0.39 is 24.1 Å². The van der Waals surface area contributed by atoms with Crippen LogP contribution in [-0.2, 0) is 0 Å². The molecule has 4 amide bonds. The van der Waals surface area contributed by atoms with Crippen LogP contribution in [0.1, 0.15) is 0 Å². The molecule has 0 radical (unpaired) electrons. The van der Waals surface area contributed by atoms with Gasteiger partial charge >= 0.3 is 12.1 Å². The molecule has 1 heterocycles. The third-order valence-corrected chi connectivity index (χ3v) is 4.48. The summed E-state index contributed by atoms with van der Waals surface area (Å²) < 4.78 is 0. The minimum absolute atomic E-state index is 0.0215. The van der Waals surface area contributed by atoms with Crippen molar-refractivity contribution in [1.82, 2.24) is 20.7 Å². The Balaban J connectivity index is 2.59. The second kappa shape index (κ2) is 10.4. The van der Waals surface area contributed by atoms with E-state index in [2.05, 4.69) is 21.2 Å². The molecular weight excluding hydrogens is 371 g/mol. The predicted octanol–water partition coefficient (Wildman–Crippen LogP) is 1.33. The number of nitrogens with zero attached hydrogens (tertiary/aromatic N) is 4. The number of hydrogen-bond donors (Lipinski definition) is 2. The van der Waals surface area contributed by atoms with Crippen molar-refractivity contribution in [3.63, 3.8) is 0 Å². The molecule has 0 aromatic rings. The smallest absolute Gasteiger partial charge is 0.331 e. The monoisotopic (exact) mass is 386 g/mol. The Labute approximate surface area is 146 Å².